The molecule has 0 fully saturated rings. The van der Waals surface area contributed by atoms with Crippen LogP contribution in [0.3, 0.4) is 0 Å². The molecule has 20 heavy (non-hydrogen) atoms. The Morgan fingerprint density at radius 2 is 2.00 bits per heavy atom. The molecule has 0 aliphatic heterocycles. The number of aliphatic imine (C=N–C) groups is 1. The number of benzene rings is 1. The molecule has 0 amide bonds. The average Bonchev–Trinajstić information content (AvgIpc) is 2.39. The summed E-state index contributed by atoms with van der Waals surface area (Å²) in [6.45, 7) is 7.27. The quantitative estimate of drug-likeness (QED) is 0.247. The number of ether oxygens (including phenoxy) is 2. The molecule has 0 unspecified atom stereocenters. The molecule has 0 atom stereocenters. The van der Waals surface area contributed by atoms with Crippen molar-refractivity contribution in [1.29, 1.82) is 0 Å². The molecule has 0 aromatic heterocycles. The summed E-state index contributed by atoms with van der Waals surface area (Å²) in [6.07, 6.45) is 0. The van der Waals surface area contributed by atoms with Gasteiger partial charge in [-0.15, -0.1) is 24.0 Å². The number of nitrogens with one attached hydrogen (secondary N) is 1. The van der Waals surface area contributed by atoms with E-state index in [1.807, 2.05) is 31.2 Å². The van der Waals surface area contributed by atoms with E-state index in [-0.39, 0.29) is 24.0 Å². The molecule has 0 heterocycles. The first-order chi connectivity index (χ1) is 9.11. The average molecular weight is 391 g/mol. The van der Waals surface area contributed by atoms with E-state index in [0.717, 1.165) is 17.0 Å². The van der Waals surface area contributed by atoms with Crippen LogP contribution in [0, 0.1) is 0 Å². The molecule has 1 rings (SSSR count). The van der Waals surface area contributed by atoms with E-state index < -0.39 is 0 Å². The summed E-state index contributed by atoms with van der Waals surface area (Å²) < 4.78 is 10.4. The second-order valence-electron chi connectivity index (χ2n) is 4.13. The molecule has 1 aromatic rings. The highest BCUT2D eigenvalue weighted by atomic mass is 127. The Kier molecular flexibility index (Phi) is 9.83. The molecule has 6 heteroatoms. The first-order valence-corrected chi connectivity index (χ1v) is 6.05. The number of hydrogen-bond acceptors (Lipinski definition) is 3. The van der Waals surface area contributed by atoms with Crippen molar-refractivity contribution in [3.05, 3.63) is 36.4 Å². The van der Waals surface area contributed by atoms with Crippen LogP contribution in [0.15, 0.2) is 41.4 Å². The Balaban J connectivity index is 0.00000361. The molecule has 0 bridgehead atoms. The third kappa shape index (κ3) is 8.00. The molecule has 0 aliphatic carbocycles. The zero-order valence-electron chi connectivity index (χ0n) is 11.9. The lowest BCUT2D eigenvalue weighted by molar-refractivity contribution is 0.165. The molecule has 3 N–H and O–H groups in total. The number of guanidine groups is 1. The fourth-order valence-electron chi connectivity index (χ4n) is 1.34. The van der Waals surface area contributed by atoms with Gasteiger partial charge in [0.1, 0.15) is 5.75 Å². The second kappa shape index (κ2) is 10.5. The lowest BCUT2D eigenvalue weighted by Gasteiger charge is -2.07. The number of rotatable bonds is 7. The van der Waals surface area contributed by atoms with E-state index in [9.17, 15) is 0 Å². The van der Waals surface area contributed by atoms with Gasteiger partial charge in [-0.05, 0) is 31.2 Å². The Morgan fingerprint density at radius 1 is 1.35 bits per heavy atom. The van der Waals surface area contributed by atoms with E-state index in [4.69, 9.17) is 15.2 Å². The summed E-state index contributed by atoms with van der Waals surface area (Å²) >= 11 is 0. The van der Waals surface area contributed by atoms with Crippen molar-refractivity contribution in [3.63, 3.8) is 0 Å². The van der Waals surface area contributed by atoms with Gasteiger partial charge in [-0.1, -0.05) is 12.2 Å². The summed E-state index contributed by atoms with van der Waals surface area (Å²) in [5, 5.41) is 2.99. The highest BCUT2D eigenvalue weighted by molar-refractivity contribution is 14.0. The van der Waals surface area contributed by atoms with Gasteiger partial charge in [0.15, 0.2) is 5.96 Å². The molecule has 0 aliphatic rings. The minimum absolute atomic E-state index is 0. The zero-order chi connectivity index (χ0) is 14.1. The topological polar surface area (TPSA) is 68.9 Å². The smallest absolute Gasteiger partial charge is 0.193 e. The van der Waals surface area contributed by atoms with Crippen LogP contribution < -0.4 is 15.8 Å². The van der Waals surface area contributed by atoms with E-state index in [1.165, 1.54) is 0 Å². The first-order valence-electron chi connectivity index (χ1n) is 6.05. The minimum Gasteiger partial charge on any atom is -0.497 e. The summed E-state index contributed by atoms with van der Waals surface area (Å²) in [6, 6.07) is 7.45. The molecule has 0 radical (unpaired) electrons. The molecule has 1 aromatic carbocycles. The van der Waals surface area contributed by atoms with Crippen molar-refractivity contribution in [2.75, 3.05) is 32.2 Å². The number of methoxy groups -OCH3 is 1. The van der Waals surface area contributed by atoms with Gasteiger partial charge in [0.05, 0.1) is 26.9 Å². The largest absolute Gasteiger partial charge is 0.497 e. The van der Waals surface area contributed by atoms with Crippen LogP contribution in [0.2, 0.25) is 0 Å². The monoisotopic (exact) mass is 391 g/mol. The van der Waals surface area contributed by atoms with Gasteiger partial charge >= 0.3 is 0 Å². The maximum Gasteiger partial charge on any atom is 0.193 e. The zero-order valence-corrected chi connectivity index (χ0v) is 14.2. The number of halogens is 1. The van der Waals surface area contributed by atoms with Gasteiger partial charge in [-0.25, -0.2) is 0 Å². The number of nitrogens with zero attached hydrogens (tertiary/aromatic N) is 1. The summed E-state index contributed by atoms with van der Waals surface area (Å²) in [4.78, 5) is 4.16. The standard InChI is InChI=1S/C14H21N3O2.HI/c1-11(2)10-19-9-8-16-14(15)17-12-4-6-13(18-3)7-5-12;/h4-7H,1,8-10H2,2-3H3,(H3,15,16,17);1H. The third-order valence-electron chi connectivity index (χ3n) is 2.23. The number of nitrogens with two attached hydrogens (primary N) is 1. The molecular weight excluding hydrogens is 369 g/mol. The van der Waals surface area contributed by atoms with Crippen molar-refractivity contribution >= 4 is 35.6 Å². The van der Waals surface area contributed by atoms with Crippen LogP contribution in [0.5, 0.6) is 5.75 Å². The van der Waals surface area contributed by atoms with Crippen LogP contribution >= 0.6 is 24.0 Å². The van der Waals surface area contributed by atoms with Crippen molar-refractivity contribution < 1.29 is 9.47 Å². The number of hydrogen-bond donors (Lipinski definition) is 2. The maximum absolute atomic E-state index is 5.75. The van der Waals surface area contributed by atoms with Crippen molar-refractivity contribution in [2.24, 2.45) is 10.7 Å². The lowest BCUT2D eigenvalue weighted by Crippen LogP contribution is -2.23. The highest BCUT2D eigenvalue weighted by Gasteiger charge is 1.96. The molecule has 5 nitrogen and oxygen atoms in total. The number of anilines is 1. The Bertz CT molecular complexity index is 433. The molecule has 0 spiro atoms. The van der Waals surface area contributed by atoms with Crippen LogP contribution in [0.25, 0.3) is 0 Å². The van der Waals surface area contributed by atoms with Gasteiger partial charge in [0.25, 0.3) is 0 Å². The van der Waals surface area contributed by atoms with Gasteiger partial charge in [-0.2, -0.15) is 0 Å². The fraction of sp³-hybridized carbons (Fsp3) is 0.357. The fourth-order valence-corrected chi connectivity index (χ4v) is 1.34. The summed E-state index contributed by atoms with van der Waals surface area (Å²) in [7, 11) is 1.63. The summed E-state index contributed by atoms with van der Waals surface area (Å²) in [5.74, 6) is 1.17. The van der Waals surface area contributed by atoms with Gasteiger partial charge in [0.2, 0.25) is 0 Å². The maximum atomic E-state index is 5.75. The molecule has 0 saturated heterocycles. The van der Waals surface area contributed by atoms with Crippen molar-refractivity contribution in [1.82, 2.24) is 0 Å². The summed E-state index contributed by atoms with van der Waals surface area (Å²) in [5.41, 5.74) is 7.61. The van der Waals surface area contributed by atoms with E-state index in [1.54, 1.807) is 7.11 Å². The Morgan fingerprint density at radius 3 is 2.55 bits per heavy atom. The minimum atomic E-state index is 0. The van der Waals surface area contributed by atoms with Gasteiger partial charge in [-0.3, -0.25) is 4.99 Å². The molecule has 0 saturated carbocycles. The van der Waals surface area contributed by atoms with Crippen molar-refractivity contribution in [3.8, 4) is 5.75 Å². The van der Waals surface area contributed by atoms with Crippen LogP contribution in [-0.2, 0) is 4.74 Å². The van der Waals surface area contributed by atoms with Crippen LogP contribution in [-0.4, -0.2) is 32.8 Å². The van der Waals surface area contributed by atoms with Crippen molar-refractivity contribution in [2.45, 2.75) is 6.92 Å². The Labute approximate surface area is 137 Å². The predicted octanol–water partition coefficient (Wildman–Crippen LogP) is 2.63. The van der Waals surface area contributed by atoms with E-state index in [2.05, 4.69) is 16.9 Å². The second-order valence-corrected chi connectivity index (χ2v) is 4.13. The molecule has 112 valence electrons. The first kappa shape index (κ1) is 18.7. The normalized spacial score (nSPS) is 10.6. The predicted molar refractivity (Wildman–Crippen MR) is 94.2 cm³/mol. The molecular formula is C14H22IN3O2. The van der Waals surface area contributed by atoms with Crippen LogP contribution in [0.4, 0.5) is 5.69 Å². The SMILES string of the molecule is C=C(C)COCCN=C(N)Nc1ccc(OC)cc1.I. The van der Waals surface area contributed by atoms with Gasteiger partial charge in [0, 0.05) is 5.69 Å². The van der Waals surface area contributed by atoms with Crippen LogP contribution in [0.1, 0.15) is 6.92 Å². The highest BCUT2D eigenvalue weighted by Crippen LogP contribution is 2.14. The van der Waals surface area contributed by atoms with E-state index >= 15 is 0 Å². The Hall–Kier alpha value is -1.28. The lowest BCUT2D eigenvalue weighted by atomic mass is 10.3. The van der Waals surface area contributed by atoms with Gasteiger partial charge < -0.3 is 20.5 Å². The third-order valence-corrected chi connectivity index (χ3v) is 2.23. The van der Waals surface area contributed by atoms with E-state index in [0.29, 0.717) is 25.7 Å².